The van der Waals surface area contributed by atoms with Crippen molar-refractivity contribution in [1.29, 1.82) is 0 Å². The Labute approximate surface area is 130 Å². The van der Waals surface area contributed by atoms with Crippen molar-refractivity contribution in [1.82, 2.24) is 4.90 Å². The number of anilines is 1. The van der Waals surface area contributed by atoms with E-state index in [1.54, 1.807) is 0 Å². The van der Waals surface area contributed by atoms with Crippen LogP contribution in [0.5, 0.6) is 0 Å². The van der Waals surface area contributed by atoms with E-state index in [4.69, 9.17) is 4.74 Å². The van der Waals surface area contributed by atoms with E-state index in [0.29, 0.717) is 18.5 Å². The van der Waals surface area contributed by atoms with Crippen LogP contribution in [0.3, 0.4) is 0 Å². The van der Waals surface area contributed by atoms with E-state index in [-0.39, 0.29) is 0 Å². The monoisotopic (exact) mass is 306 g/mol. The van der Waals surface area contributed by atoms with E-state index in [0.717, 1.165) is 11.3 Å². The Morgan fingerprint density at radius 3 is 2.73 bits per heavy atom. The number of hydrogen-bond donors (Lipinski definition) is 0. The smallest absolute Gasteiger partial charge is 0.412 e. The van der Waals surface area contributed by atoms with Crippen LogP contribution in [0.4, 0.5) is 14.9 Å². The SMILES string of the molecule is Cc1cccc2c1N(C)[C@H]1N(C(=O)OC(C)(C)C)CC[C@@]21F. The van der Waals surface area contributed by atoms with Gasteiger partial charge < -0.3 is 9.64 Å². The quantitative estimate of drug-likeness (QED) is 0.734. The van der Waals surface area contributed by atoms with Crippen molar-refractivity contribution in [3.8, 4) is 0 Å². The van der Waals surface area contributed by atoms with E-state index in [1.807, 2.05) is 57.8 Å². The minimum atomic E-state index is -1.52. The fraction of sp³-hybridized carbons (Fsp3) is 0.588. The molecule has 1 aromatic rings. The number of carbonyl (C=O) groups is 1. The number of nitrogens with zero attached hydrogens (tertiary/aromatic N) is 2. The number of aryl methyl sites for hydroxylation is 1. The largest absolute Gasteiger partial charge is 0.444 e. The van der Waals surface area contributed by atoms with E-state index in [2.05, 4.69) is 0 Å². The summed E-state index contributed by atoms with van der Waals surface area (Å²) in [5.41, 5.74) is 0.496. The molecule has 5 heteroatoms. The number of benzene rings is 1. The van der Waals surface area contributed by atoms with Crippen molar-refractivity contribution >= 4 is 11.8 Å². The molecule has 0 aliphatic carbocycles. The topological polar surface area (TPSA) is 32.8 Å². The molecule has 4 nitrogen and oxygen atoms in total. The van der Waals surface area contributed by atoms with Crippen molar-refractivity contribution in [2.45, 2.75) is 51.6 Å². The van der Waals surface area contributed by atoms with Crippen LogP contribution in [-0.2, 0) is 10.4 Å². The molecule has 0 bridgehead atoms. The number of carbonyl (C=O) groups excluding carboxylic acids is 1. The average molecular weight is 306 g/mol. The van der Waals surface area contributed by atoms with Gasteiger partial charge in [0.25, 0.3) is 0 Å². The molecule has 0 saturated carbocycles. The van der Waals surface area contributed by atoms with Gasteiger partial charge in [-0.3, -0.25) is 4.90 Å². The number of fused-ring (bicyclic) bond motifs is 3. The lowest BCUT2D eigenvalue weighted by molar-refractivity contribution is 0.0139. The Hall–Kier alpha value is -1.78. The van der Waals surface area contributed by atoms with Crippen LogP contribution >= 0.6 is 0 Å². The maximum atomic E-state index is 15.7. The Morgan fingerprint density at radius 2 is 2.09 bits per heavy atom. The van der Waals surface area contributed by atoms with Gasteiger partial charge in [-0.1, -0.05) is 18.2 Å². The molecule has 1 aromatic carbocycles. The van der Waals surface area contributed by atoms with Crippen molar-refractivity contribution in [3.05, 3.63) is 29.3 Å². The lowest BCUT2D eigenvalue weighted by atomic mass is 9.94. The van der Waals surface area contributed by atoms with Gasteiger partial charge in [0.1, 0.15) is 11.8 Å². The summed E-state index contributed by atoms with van der Waals surface area (Å²) >= 11 is 0. The first-order chi connectivity index (χ1) is 10.1. The molecule has 1 fully saturated rings. The predicted molar refractivity (Wildman–Crippen MR) is 83.7 cm³/mol. The molecule has 1 saturated heterocycles. The second-order valence-corrected chi connectivity index (χ2v) is 7.24. The maximum absolute atomic E-state index is 15.7. The molecule has 2 aliphatic rings. The average Bonchev–Trinajstić information content (AvgIpc) is 2.83. The predicted octanol–water partition coefficient (Wildman–Crippen LogP) is 3.58. The zero-order valence-electron chi connectivity index (χ0n) is 13.8. The summed E-state index contributed by atoms with van der Waals surface area (Å²) in [7, 11) is 1.85. The highest BCUT2D eigenvalue weighted by molar-refractivity contribution is 5.74. The van der Waals surface area contributed by atoms with E-state index in [9.17, 15) is 4.79 Å². The Balaban J connectivity index is 1.97. The Morgan fingerprint density at radius 1 is 1.41 bits per heavy atom. The number of rotatable bonds is 0. The number of alkyl halides is 1. The third-order valence-electron chi connectivity index (χ3n) is 4.45. The fourth-order valence-corrected chi connectivity index (χ4v) is 3.67. The number of likely N-dealkylation sites (tertiary alicyclic amines) is 1. The van der Waals surface area contributed by atoms with Crippen molar-refractivity contribution < 1.29 is 13.9 Å². The van der Waals surface area contributed by atoms with Crippen LogP contribution in [0.1, 0.15) is 38.3 Å². The molecule has 0 radical (unpaired) electrons. The molecular weight excluding hydrogens is 283 g/mol. The molecule has 2 atom stereocenters. The maximum Gasteiger partial charge on any atom is 0.412 e. The Kier molecular flexibility index (Phi) is 3.17. The molecule has 1 amide bonds. The van der Waals surface area contributed by atoms with Crippen LogP contribution in [0, 0.1) is 6.92 Å². The van der Waals surface area contributed by atoms with Crippen molar-refractivity contribution in [2.24, 2.45) is 0 Å². The number of halogens is 1. The molecule has 2 aliphatic heterocycles. The lowest BCUT2D eigenvalue weighted by Gasteiger charge is -2.34. The fourth-order valence-electron chi connectivity index (χ4n) is 3.67. The van der Waals surface area contributed by atoms with Gasteiger partial charge in [0, 0.05) is 31.3 Å². The summed E-state index contributed by atoms with van der Waals surface area (Å²) in [6.07, 6.45) is -0.773. The minimum absolute atomic E-state index is 0.303. The van der Waals surface area contributed by atoms with Gasteiger partial charge in [-0.25, -0.2) is 9.18 Å². The summed E-state index contributed by atoms with van der Waals surface area (Å²) in [6, 6.07) is 5.68. The Bertz CT molecular complexity index is 626. The highest BCUT2D eigenvalue weighted by Crippen LogP contribution is 2.53. The van der Waals surface area contributed by atoms with Crippen LogP contribution in [-0.4, -0.2) is 36.4 Å². The number of para-hydroxylation sites is 1. The van der Waals surface area contributed by atoms with Crippen LogP contribution in [0.25, 0.3) is 0 Å². The zero-order chi connectivity index (χ0) is 16.3. The van der Waals surface area contributed by atoms with Gasteiger partial charge in [0.15, 0.2) is 5.67 Å². The summed E-state index contributed by atoms with van der Waals surface area (Å²) in [4.78, 5) is 15.8. The van der Waals surface area contributed by atoms with E-state index < -0.39 is 23.5 Å². The molecule has 3 rings (SSSR count). The highest BCUT2D eigenvalue weighted by Gasteiger charge is 2.59. The first-order valence-electron chi connectivity index (χ1n) is 7.66. The van der Waals surface area contributed by atoms with Gasteiger partial charge >= 0.3 is 6.09 Å². The number of amides is 1. The van der Waals surface area contributed by atoms with Gasteiger partial charge in [0.05, 0.1) is 0 Å². The van der Waals surface area contributed by atoms with Gasteiger partial charge in [0.2, 0.25) is 0 Å². The van der Waals surface area contributed by atoms with Crippen LogP contribution in [0.15, 0.2) is 18.2 Å². The second kappa shape index (κ2) is 4.61. The molecule has 22 heavy (non-hydrogen) atoms. The number of ether oxygens (including phenoxy) is 1. The van der Waals surface area contributed by atoms with Crippen molar-refractivity contribution in [3.63, 3.8) is 0 Å². The molecule has 2 heterocycles. The molecular formula is C17H23FN2O2. The standard InChI is InChI=1S/C17H23FN2O2/c1-11-7-6-8-12-13(11)19(5)14-17(12,18)9-10-20(14)15(21)22-16(2,3)4/h6-8,14H,9-10H2,1-5H3/t14-,17+/m0/s1. The lowest BCUT2D eigenvalue weighted by Crippen LogP contribution is -2.50. The zero-order valence-corrected chi connectivity index (χ0v) is 13.8. The molecule has 0 aromatic heterocycles. The molecule has 0 N–H and O–H groups in total. The minimum Gasteiger partial charge on any atom is -0.444 e. The third-order valence-corrected chi connectivity index (χ3v) is 4.45. The first-order valence-corrected chi connectivity index (χ1v) is 7.66. The van der Waals surface area contributed by atoms with Gasteiger partial charge in [-0.15, -0.1) is 0 Å². The molecule has 0 spiro atoms. The second-order valence-electron chi connectivity index (χ2n) is 7.24. The van der Waals surface area contributed by atoms with E-state index >= 15 is 4.39 Å². The normalized spacial score (nSPS) is 26.9. The van der Waals surface area contributed by atoms with Crippen LogP contribution in [0.2, 0.25) is 0 Å². The molecule has 0 unspecified atom stereocenters. The number of likely N-dealkylation sites (N-methyl/N-ethyl adjacent to an activating group) is 1. The molecule has 120 valence electrons. The van der Waals surface area contributed by atoms with E-state index in [1.165, 1.54) is 4.90 Å². The summed E-state index contributed by atoms with van der Waals surface area (Å²) in [6.45, 7) is 7.80. The summed E-state index contributed by atoms with van der Waals surface area (Å²) in [5.74, 6) is 0. The highest BCUT2D eigenvalue weighted by atomic mass is 19.1. The summed E-state index contributed by atoms with van der Waals surface area (Å²) < 4.78 is 21.1. The van der Waals surface area contributed by atoms with Crippen LogP contribution < -0.4 is 4.90 Å². The van der Waals surface area contributed by atoms with Gasteiger partial charge in [-0.05, 0) is 33.3 Å². The van der Waals surface area contributed by atoms with Gasteiger partial charge in [-0.2, -0.15) is 0 Å². The first kappa shape index (κ1) is 15.1. The summed E-state index contributed by atoms with van der Waals surface area (Å²) in [5, 5.41) is 0. The third kappa shape index (κ3) is 2.06. The van der Waals surface area contributed by atoms with Crippen molar-refractivity contribution in [2.75, 3.05) is 18.5 Å². The number of hydrogen-bond acceptors (Lipinski definition) is 3.